The highest BCUT2D eigenvalue weighted by atomic mass is 16.5. The summed E-state index contributed by atoms with van der Waals surface area (Å²) in [6, 6.07) is 12.3. The number of esters is 1. The molecule has 2 amide bonds. The molecule has 0 radical (unpaired) electrons. The maximum absolute atomic E-state index is 12.5. The van der Waals surface area contributed by atoms with Crippen LogP contribution in [0.2, 0.25) is 0 Å². The normalized spacial score (nSPS) is 15.8. The zero-order valence-corrected chi connectivity index (χ0v) is 17.2. The summed E-state index contributed by atoms with van der Waals surface area (Å²) in [5, 5.41) is 2.60. The number of ether oxygens (including phenoxy) is 1. The Morgan fingerprint density at radius 2 is 1.77 bits per heavy atom. The number of aryl methyl sites for hydroxylation is 2. The lowest BCUT2D eigenvalue weighted by molar-refractivity contribution is -0.151. The third-order valence-corrected chi connectivity index (χ3v) is 5.07. The number of amides is 2. The predicted octanol–water partition coefficient (Wildman–Crippen LogP) is 3.04. The van der Waals surface area contributed by atoms with Crippen LogP contribution < -0.4 is 10.2 Å². The molecule has 7 nitrogen and oxygen atoms in total. The maximum Gasteiger partial charge on any atom is 0.311 e. The minimum atomic E-state index is -0.620. The second kappa shape index (κ2) is 8.90. The van der Waals surface area contributed by atoms with Crippen LogP contribution in [0, 0.1) is 19.8 Å². The highest BCUT2D eigenvalue weighted by Gasteiger charge is 2.37. The summed E-state index contributed by atoms with van der Waals surface area (Å²) >= 11 is 0. The van der Waals surface area contributed by atoms with Crippen LogP contribution in [0.1, 0.15) is 34.8 Å². The molecule has 1 heterocycles. The van der Waals surface area contributed by atoms with Gasteiger partial charge in [0, 0.05) is 29.9 Å². The number of rotatable bonds is 6. The van der Waals surface area contributed by atoms with Crippen LogP contribution in [0.4, 0.5) is 11.4 Å². The molecule has 0 saturated carbocycles. The van der Waals surface area contributed by atoms with E-state index in [1.54, 1.807) is 29.2 Å². The summed E-state index contributed by atoms with van der Waals surface area (Å²) in [4.78, 5) is 50.0. The lowest BCUT2D eigenvalue weighted by Crippen LogP contribution is -2.29. The largest absolute Gasteiger partial charge is 0.455 e. The molecule has 156 valence electrons. The Labute approximate surface area is 175 Å². The standard InChI is InChI=1S/C23H24N2O5/c1-14-6-4-7-15(2)22(14)25-12-18(11-21(25)28)23(29)30-13-20(27)24-19-9-5-8-17(10-19)16(3)26/h4-10,18H,11-13H2,1-3H3,(H,24,27)/t18-/m1/s1. The van der Waals surface area contributed by atoms with Crippen LogP contribution in [0.5, 0.6) is 0 Å². The van der Waals surface area contributed by atoms with E-state index in [0.29, 0.717) is 11.3 Å². The number of hydrogen-bond donors (Lipinski definition) is 1. The molecular formula is C23H24N2O5. The predicted molar refractivity (Wildman–Crippen MR) is 112 cm³/mol. The Morgan fingerprint density at radius 1 is 1.10 bits per heavy atom. The minimum absolute atomic E-state index is 0.0505. The van der Waals surface area contributed by atoms with E-state index in [9.17, 15) is 19.2 Å². The van der Waals surface area contributed by atoms with E-state index < -0.39 is 24.4 Å². The van der Waals surface area contributed by atoms with Crippen molar-refractivity contribution < 1.29 is 23.9 Å². The Morgan fingerprint density at radius 3 is 2.43 bits per heavy atom. The Bertz CT molecular complexity index is 994. The van der Waals surface area contributed by atoms with E-state index in [-0.39, 0.29) is 24.7 Å². The van der Waals surface area contributed by atoms with E-state index in [0.717, 1.165) is 16.8 Å². The van der Waals surface area contributed by atoms with Crippen LogP contribution in [-0.4, -0.2) is 36.7 Å². The van der Waals surface area contributed by atoms with Gasteiger partial charge in [-0.05, 0) is 44.0 Å². The van der Waals surface area contributed by atoms with Gasteiger partial charge in [-0.3, -0.25) is 19.2 Å². The molecule has 1 fully saturated rings. The molecule has 30 heavy (non-hydrogen) atoms. The van der Waals surface area contributed by atoms with Crippen molar-refractivity contribution in [3.63, 3.8) is 0 Å². The van der Waals surface area contributed by atoms with Crippen LogP contribution in [0.15, 0.2) is 42.5 Å². The van der Waals surface area contributed by atoms with Gasteiger partial charge in [-0.25, -0.2) is 0 Å². The zero-order chi connectivity index (χ0) is 21.8. The molecule has 1 aliphatic heterocycles. The molecule has 2 aromatic carbocycles. The number of hydrogen-bond acceptors (Lipinski definition) is 5. The fourth-order valence-corrected chi connectivity index (χ4v) is 3.58. The number of Topliss-reactive ketones (excluding diaryl/α,β-unsaturated/α-hetero) is 1. The lowest BCUT2D eigenvalue weighted by Gasteiger charge is -2.21. The number of ketones is 1. The van der Waals surface area contributed by atoms with Crippen molar-refractivity contribution in [1.29, 1.82) is 0 Å². The highest BCUT2D eigenvalue weighted by Crippen LogP contribution is 2.31. The molecule has 7 heteroatoms. The van der Waals surface area contributed by atoms with Gasteiger partial charge in [0.1, 0.15) is 0 Å². The first-order valence-electron chi connectivity index (χ1n) is 9.70. The first kappa shape index (κ1) is 21.2. The fraction of sp³-hybridized carbons (Fsp3) is 0.304. The minimum Gasteiger partial charge on any atom is -0.455 e. The van der Waals surface area contributed by atoms with E-state index in [4.69, 9.17) is 4.74 Å². The average molecular weight is 408 g/mol. The topological polar surface area (TPSA) is 92.8 Å². The van der Waals surface area contributed by atoms with E-state index >= 15 is 0 Å². The average Bonchev–Trinajstić information content (AvgIpc) is 3.07. The zero-order valence-electron chi connectivity index (χ0n) is 17.2. The molecule has 1 aliphatic rings. The number of anilines is 2. The number of carbonyl (C=O) groups is 4. The first-order valence-corrected chi connectivity index (χ1v) is 9.70. The number of carbonyl (C=O) groups excluding carboxylic acids is 4. The molecule has 1 saturated heterocycles. The second-order valence-corrected chi connectivity index (χ2v) is 7.44. The van der Waals surface area contributed by atoms with Crippen molar-refractivity contribution in [3.8, 4) is 0 Å². The van der Waals surface area contributed by atoms with Crippen LogP contribution in [-0.2, 0) is 19.1 Å². The van der Waals surface area contributed by atoms with Crippen LogP contribution in [0.3, 0.4) is 0 Å². The lowest BCUT2D eigenvalue weighted by atomic mass is 10.1. The Hall–Kier alpha value is -3.48. The SMILES string of the molecule is CC(=O)c1cccc(NC(=O)COC(=O)[C@@H]2CC(=O)N(c3c(C)cccc3C)C2)c1. The molecule has 3 rings (SSSR count). The van der Waals surface area contributed by atoms with Gasteiger partial charge in [-0.2, -0.15) is 0 Å². The van der Waals surface area contributed by atoms with Crippen molar-refractivity contribution in [2.45, 2.75) is 27.2 Å². The first-order chi connectivity index (χ1) is 14.3. The molecule has 1 atom stereocenters. The summed E-state index contributed by atoms with van der Waals surface area (Å²) in [5.41, 5.74) is 3.66. The van der Waals surface area contributed by atoms with E-state index in [1.807, 2.05) is 32.0 Å². The fourth-order valence-electron chi connectivity index (χ4n) is 3.58. The van der Waals surface area contributed by atoms with E-state index in [1.165, 1.54) is 6.92 Å². The molecule has 2 aromatic rings. The molecule has 0 unspecified atom stereocenters. The van der Waals surface area contributed by atoms with Gasteiger partial charge in [0.15, 0.2) is 12.4 Å². The maximum atomic E-state index is 12.5. The van der Waals surface area contributed by atoms with Gasteiger partial charge in [0.2, 0.25) is 5.91 Å². The molecule has 0 aromatic heterocycles. The van der Waals surface area contributed by atoms with Crippen molar-refractivity contribution in [3.05, 3.63) is 59.2 Å². The summed E-state index contributed by atoms with van der Waals surface area (Å²) in [7, 11) is 0. The Balaban J connectivity index is 1.56. The van der Waals surface area contributed by atoms with Gasteiger partial charge in [-0.15, -0.1) is 0 Å². The Kier molecular flexibility index (Phi) is 6.30. The molecule has 1 N–H and O–H groups in total. The number of nitrogens with one attached hydrogen (secondary N) is 1. The number of benzene rings is 2. The molecule has 0 spiro atoms. The van der Waals surface area contributed by atoms with Gasteiger partial charge < -0.3 is 15.0 Å². The monoisotopic (exact) mass is 408 g/mol. The highest BCUT2D eigenvalue weighted by molar-refractivity contribution is 6.01. The van der Waals surface area contributed by atoms with Gasteiger partial charge >= 0.3 is 5.97 Å². The third-order valence-electron chi connectivity index (χ3n) is 5.07. The number of para-hydroxylation sites is 1. The van der Waals surface area contributed by atoms with Crippen molar-refractivity contribution in [2.24, 2.45) is 5.92 Å². The smallest absolute Gasteiger partial charge is 0.311 e. The van der Waals surface area contributed by atoms with Gasteiger partial charge in [-0.1, -0.05) is 30.3 Å². The van der Waals surface area contributed by atoms with E-state index in [2.05, 4.69) is 5.32 Å². The van der Waals surface area contributed by atoms with Crippen molar-refractivity contribution in [2.75, 3.05) is 23.4 Å². The van der Waals surface area contributed by atoms with Crippen LogP contribution in [0.25, 0.3) is 0 Å². The number of nitrogens with zero attached hydrogens (tertiary/aromatic N) is 1. The summed E-state index contributed by atoms with van der Waals surface area (Å²) in [6.07, 6.45) is 0.0505. The summed E-state index contributed by atoms with van der Waals surface area (Å²) in [6.45, 7) is 5.05. The van der Waals surface area contributed by atoms with Gasteiger partial charge in [0.25, 0.3) is 5.91 Å². The molecule has 0 aliphatic carbocycles. The quantitative estimate of drug-likeness (QED) is 0.586. The van der Waals surface area contributed by atoms with Gasteiger partial charge in [0.05, 0.1) is 5.92 Å². The van der Waals surface area contributed by atoms with Crippen molar-refractivity contribution in [1.82, 2.24) is 0 Å². The van der Waals surface area contributed by atoms with Crippen LogP contribution >= 0.6 is 0 Å². The summed E-state index contributed by atoms with van der Waals surface area (Å²) < 4.78 is 5.13. The molecular weight excluding hydrogens is 384 g/mol. The summed E-state index contributed by atoms with van der Waals surface area (Å²) in [5.74, 6) is -1.97. The third kappa shape index (κ3) is 4.74. The second-order valence-electron chi connectivity index (χ2n) is 7.44. The molecule has 0 bridgehead atoms. The van der Waals surface area contributed by atoms with Crippen molar-refractivity contribution >= 4 is 34.9 Å².